The molecule has 1 atom stereocenters. The molecule has 3 rings (SSSR count). The highest BCUT2D eigenvalue weighted by Crippen LogP contribution is 2.40. The minimum atomic E-state index is -1.04. The van der Waals surface area contributed by atoms with Crippen LogP contribution in [0.25, 0.3) is 0 Å². The van der Waals surface area contributed by atoms with Gasteiger partial charge in [0.2, 0.25) is 0 Å². The molecule has 0 saturated heterocycles. The van der Waals surface area contributed by atoms with Gasteiger partial charge in [-0.25, -0.2) is 13.2 Å². The van der Waals surface area contributed by atoms with Crippen LogP contribution in [0.2, 0.25) is 0 Å². The number of hydrogen-bond acceptors (Lipinski definition) is 3. The molecule has 1 aliphatic heterocycles. The summed E-state index contributed by atoms with van der Waals surface area (Å²) in [4.78, 5) is 10.9. The van der Waals surface area contributed by atoms with Crippen molar-refractivity contribution in [2.75, 3.05) is 0 Å². The van der Waals surface area contributed by atoms with Crippen molar-refractivity contribution in [3.63, 3.8) is 0 Å². The van der Waals surface area contributed by atoms with Crippen molar-refractivity contribution >= 4 is 5.97 Å². The average Bonchev–Trinajstić information content (AvgIpc) is 2.96. The monoisotopic (exact) mass is 408 g/mol. The number of alkyl halides is 1. The van der Waals surface area contributed by atoms with E-state index in [1.54, 1.807) is 12.1 Å². The number of carboxylic acid groups (broad SMARTS) is 1. The first-order valence-electron chi connectivity index (χ1n) is 9.33. The highest BCUT2D eigenvalue weighted by atomic mass is 19.1. The van der Waals surface area contributed by atoms with Gasteiger partial charge in [-0.15, -0.1) is 0 Å². The van der Waals surface area contributed by atoms with Crippen molar-refractivity contribution in [3.05, 3.63) is 58.2 Å². The second-order valence-electron chi connectivity index (χ2n) is 7.98. The van der Waals surface area contributed by atoms with Gasteiger partial charge in [0.15, 0.2) is 17.4 Å². The van der Waals surface area contributed by atoms with Gasteiger partial charge in [-0.05, 0) is 43.5 Å². The third-order valence-electron chi connectivity index (χ3n) is 4.96. The average molecular weight is 408 g/mol. The predicted octanol–water partition coefficient (Wildman–Crippen LogP) is 4.99. The van der Waals surface area contributed by atoms with E-state index in [-0.39, 0.29) is 18.6 Å². The number of fused-ring (bicyclic) bond motifs is 1. The van der Waals surface area contributed by atoms with E-state index < -0.39 is 41.5 Å². The van der Waals surface area contributed by atoms with Crippen molar-refractivity contribution in [1.29, 1.82) is 0 Å². The van der Waals surface area contributed by atoms with E-state index in [0.717, 1.165) is 17.7 Å². The number of hydrogen-bond donors (Lipinski definition) is 1. The van der Waals surface area contributed by atoms with Gasteiger partial charge in [-0.3, -0.25) is 4.79 Å². The van der Waals surface area contributed by atoms with Gasteiger partial charge in [0.25, 0.3) is 0 Å². The summed E-state index contributed by atoms with van der Waals surface area (Å²) >= 11 is 0. The van der Waals surface area contributed by atoms with Crippen LogP contribution in [0.4, 0.5) is 13.2 Å². The molecule has 7 heteroatoms. The van der Waals surface area contributed by atoms with Crippen molar-refractivity contribution in [2.45, 2.75) is 52.5 Å². The molecule has 29 heavy (non-hydrogen) atoms. The number of halogens is 3. The van der Waals surface area contributed by atoms with Crippen LogP contribution in [0.3, 0.4) is 0 Å². The quantitative estimate of drug-likeness (QED) is 0.701. The van der Waals surface area contributed by atoms with Crippen LogP contribution in [-0.2, 0) is 30.9 Å². The summed E-state index contributed by atoms with van der Waals surface area (Å²) < 4.78 is 53.4. The van der Waals surface area contributed by atoms with Crippen molar-refractivity contribution in [3.8, 4) is 11.5 Å². The van der Waals surface area contributed by atoms with E-state index in [0.29, 0.717) is 23.3 Å². The molecule has 2 aromatic rings. The lowest BCUT2D eigenvalue weighted by molar-refractivity contribution is -0.141. The molecule has 156 valence electrons. The highest BCUT2D eigenvalue weighted by molar-refractivity contribution is 5.69. The third kappa shape index (κ3) is 4.49. The maximum absolute atomic E-state index is 14.4. The first kappa shape index (κ1) is 21.0. The molecule has 0 aliphatic carbocycles. The molecular formula is C22H23F3O4. The molecule has 0 saturated carbocycles. The number of benzene rings is 2. The second-order valence-corrected chi connectivity index (χ2v) is 7.98. The topological polar surface area (TPSA) is 55.8 Å². The van der Waals surface area contributed by atoms with E-state index in [1.807, 2.05) is 13.8 Å². The molecule has 2 aromatic carbocycles. The van der Waals surface area contributed by atoms with E-state index in [4.69, 9.17) is 14.6 Å². The number of ether oxygens (including phenoxy) is 2. The van der Waals surface area contributed by atoms with Gasteiger partial charge >= 0.3 is 5.97 Å². The minimum Gasteiger partial charge on any atom is -0.487 e. The SMILES string of the molecule is CC(Cc1cc(F)c(OCc2ccc(CF)c3c2OC(C)(C)C3)c(F)c1)C(=O)O. The van der Waals surface area contributed by atoms with Gasteiger partial charge in [0.05, 0.1) is 5.92 Å². The predicted molar refractivity (Wildman–Crippen MR) is 101 cm³/mol. The van der Waals surface area contributed by atoms with Crippen LogP contribution >= 0.6 is 0 Å². The lowest BCUT2D eigenvalue weighted by Gasteiger charge is -2.18. The molecule has 0 spiro atoms. The van der Waals surface area contributed by atoms with Crippen LogP contribution in [-0.4, -0.2) is 16.7 Å². The Balaban J connectivity index is 1.81. The zero-order valence-electron chi connectivity index (χ0n) is 16.5. The number of carbonyl (C=O) groups is 1. The molecule has 1 heterocycles. The smallest absolute Gasteiger partial charge is 0.306 e. The molecule has 0 bridgehead atoms. The van der Waals surface area contributed by atoms with Crippen molar-refractivity contribution < 1.29 is 32.5 Å². The van der Waals surface area contributed by atoms with Crippen LogP contribution in [0.15, 0.2) is 24.3 Å². The van der Waals surface area contributed by atoms with Crippen LogP contribution in [0, 0.1) is 17.6 Å². The summed E-state index contributed by atoms with van der Waals surface area (Å²) in [6, 6.07) is 5.42. The molecule has 1 unspecified atom stereocenters. The van der Waals surface area contributed by atoms with Gasteiger partial charge < -0.3 is 14.6 Å². The van der Waals surface area contributed by atoms with Crippen LogP contribution < -0.4 is 9.47 Å². The summed E-state index contributed by atoms with van der Waals surface area (Å²) in [7, 11) is 0. The zero-order valence-corrected chi connectivity index (χ0v) is 16.5. The fourth-order valence-electron chi connectivity index (χ4n) is 3.47. The third-order valence-corrected chi connectivity index (χ3v) is 4.96. The minimum absolute atomic E-state index is 0.00454. The second kappa shape index (κ2) is 7.97. The lowest BCUT2D eigenvalue weighted by Crippen LogP contribution is -2.25. The zero-order chi connectivity index (χ0) is 21.3. The summed E-state index contributed by atoms with van der Waals surface area (Å²) in [6.07, 6.45) is 0.541. The molecule has 1 N–H and O–H groups in total. The highest BCUT2D eigenvalue weighted by Gasteiger charge is 2.34. The van der Waals surface area contributed by atoms with E-state index in [1.165, 1.54) is 6.92 Å². The fourth-order valence-corrected chi connectivity index (χ4v) is 3.47. The molecule has 1 aliphatic rings. The maximum Gasteiger partial charge on any atom is 0.306 e. The Kier molecular flexibility index (Phi) is 5.78. The van der Waals surface area contributed by atoms with Gasteiger partial charge in [0, 0.05) is 17.5 Å². The largest absolute Gasteiger partial charge is 0.487 e. The standard InChI is InChI=1S/C22H23F3O4/c1-12(21(26)27)6-13-7-17(24)20(18(25)8-13)28-11-15-5-4-14(10-23)16-9-22(2,3)29-19(15)16/h4-5,7-8,12H,6,9-11H2,1-3H3,(H,26,27). The molecule has 0 radical (unpaired) electrons. The Morgan fingerprint density at radius 1 is 1.24 bits per heavy atom. The Morgan fingerprint density at radius 2 is 1.86 bits per heavy atom. The van der Waals surface area contributed by atoms with Crippen molar-refractivity contribution in [1.82, 2.24) is 0 Å². The normalized spacial score (nSPS) is 15.5. The Labute approximate surface area is 167 Å². The van der Waals surface area contributed by atoms with Crippen LogP contribution in [0.1, 0.15) is 43.0 Å². The van der Waals surface area contributed by atoms with Crippen LogP contribution in [0.5, 0.6) is 11.5 Å². The lowest BCUT2D eigenvalue weighted by atomic mass is 9.96. The number of aliphatic carboxylic acids is 1. The molecule has 0 fully saturated rings. The Morgan fingerprint density at radius 3 is 2.45 bits per heavy atom. The van der Waals surface area contributed by atoms with Gasteiger partial charge in [0.1, 0.15) is 24.6 Å². The summed E-state index contributed by atoms with van der Waals surface area (Å²) in [5, 5.41) is 8.95. The first-order valence-corrected chi connectivity index (χ1v) is 9.33. The Hall–Kier alpha value is -2.70. The molecular weight excluding hydrogens is 385 g/mol. The number of rotatable bonds is 7. The summed E-state index contributed by atoms with van der Waals surface area (Å²) in [5.41, 5.74) is 1.59. The maximum atomic E-state index is 14.4. The summed E-state index contributed by atoms with van der Waals surface area (Å²) in [6.45, 7) is 4.46. The number of carboxylic acids is 1. The van der Waals surface area contributed by atoms with E-state index >= 15 is 0 Å². The van der Waals surface area contributed by atoms with Gasteiger partial charge in [-0.1, -0.05) is 19.1 Å². The first-order chi connectivity index (χ1) is 13.6. The molecule has 0 aromatic heterocycles. The van der Waals surface area contributed by atoms with Crippen molar-refractivity contribution in [2.24, 2.45) is 5.92 Å². The van der Waals surface area contributed by atoms with E-state index in [2.05, 4.69) is 0 Å². The fraction of sp³-hybridized carbons (Fsp3) is 0.409. The Bertz CT molecular complexity index is 917. The summed E-state index contributed by atoms with van der Waals surface area (Å²) in [5.74, 6) is -3.67. The molecule has 4 nitrogen and oxygen atoms in total. The van der Waals surface area contributed by atoms with E-state index in [9.17, 15) is 18.0 Å². The molecule has 0 amide bonds. The van der Waals surface area contributed by atoms with Gasteiger partial charge in [-0.2, -0.15) is 0 Å².